The van der Waals surface area contributed by atoms with E-state index in [1.54, 1.807) is 6.20 Å². The summed E-state index contributed by atoms with van der Waals surface area (Å²) >= 11 is 1.49. The van der Waals surface area contributed by atoms with Gasteiger partial charge in [0.15, 0.2) is 11.1 Å². The zero-order valence-electron chi connectivity index (χ0n) is 13.5. The van der Waals surface area contributed by atoms with Gasteiger partial charge in [-0.2, -0.15) is 0 Å². The summed E-state index contributed by atoms with van der Waals surface area (Å²) in [5.41, 5.74) is 8.99. The molecule has 0 fully saturated rings. The minimum atomic E-state index is 0.393. The van der Waals surface area contributed by atoms with Gasteiger partial charge in [-0.1, -0.05) is 30.3 Å². The van der Waals surface area contributed by atoms with E-state index in [0.717, 1.165) is 35.2 Å². The predicted molar refractivity (Wildman–Crippen MR) is 99.3 cm³/mol. The third-order valence-electron chi connectivity index (χ3n) is 3.47. The maximum atomic E-state index is 5.92. The topological polar surface area (TPSA) is 92.0 Å². The molecular weight excluding hydrogens is 320 g/mol. The number of anilines is 1. The Labute approximate surface area is 144 Å². The number of aliphatic imine (C=N–C) groups is 1. The number of aromatic nitrogens is 3. The lowest BCUT2D eigenvalue weighted by molar-refractivity contribution is 0.832. The third-order valence-corrected chi connectivity index (χ3v) is 4.22. The van der Waals surface area contributed by atoms with Crippen molar-refractivity contribution in [2.45, 2.75) is 19.8 Å². The van der Waals surface area contributed by atoms with Gasteiger partial charge in [0.2, 0.25) is 0 Å². The monoisotopic (exact) mass is 340 g/mol. The van der Waals surface area contributed by atoms with E-state index in [1.807, 2.05) is 18.4 Å². The van der Waals surface area contributed by atoms with Crippen molar-refractivity contribution in [2.75, 3.05) is 11.9 Å². The lowest BCUT2D eigenvalue weighted by Crippen LogP contribution is -2.22. The van der Waals surface area contributed by atoms with E-state index in [0.29, 0.717) is 12.5 Å². The third kappa shape index (κ3) is 4.42. The van der Waals surface area contributed by atoms with Gasteiger partial charge in [-0.15, -0.1) is 11.3 Å². The normalized spacial score (nSPS) is 11.6. The van der Waals surface area contributed by atoms with Gasteiger partial charge >= 0.3 is 0 Å². The van der Waals surface area contributed by atoms with E-state index in [1.165, 1.54) is 16.9 Å². The summed E-state index contributed by atoms with van der Waals surface area (Å²) in [5, 5.41) is 5.72. The van der Waals surface area contributed by atoms with Crippen LogP contribution in [0.25, 0.3) is 11.4 Å². The first-order valence-corrected chi connectivity index (χ1v) is 8.67. The number of nitrogens with one attached hydrogen (secondary N) is 2. The second-order valence-corrected chi connectivity index (χ2v) is 6.26. The van der Waals surface area contributed by atoms with Gasteiger partial charge in [0.05, 0.1) is 11.9 Å². The Morgan fingerprint density at radius 2 is 2.17 bits per heavy atom. The number of hydrogen-bond donors (Lipinski definition) is 3. The fourth-order valence-electron chi connectivity index (χ4n) is 2.28. The standard InChI is InChI=1S/C17H20N6S/c1-12-20-10-14(21-12)15-11-24-17(22-15)23-16(18)19-9-5-8-13-6-3-2-4-7-13/h2-4,6-7,10-11H,5,8-9H2,1H3,(H,20,21)(H3,18,19,22,23). The van der Waals surface area contributed by atoms with E-state index < -0.39 is 0 Å². The SMILES string of the molecule is Cc1ncc(-c2csc(NC(N)=NCCCc3ccccc3)n2)[nH]1. The van der Waals surface area contributed by atoms with Crippen LogP contribution in [0.1, 0.15) is 17.8 Å². The van der Waals surface area contributed by atoms with Crippen molar-refractivity contribution < 1.29 is 0 Å². The number of aromatic amines is 1. The molecule has 2 aromatic heterocycles. The maximum Gasteiger partial charge on any atom is 0.194 e. The molecule has 0 aliphatic rings. The van der Waals surface area contributed by atoms with Crippen LogP contribution >= 0.6 is 11.3 Å². The van der Waals surface area contributed by atoms with Gasteiger partial charge in [0, 0.05) is 11.9 Å². The van der Waals surface area contributed by atoms with Crippen molar-refractivity contribution in [3.05, 3.63) is 53.3 Å². The molecular formula is C17H20N6S. The predicted octanol–water partition coefficient (Wildman–Crippen LogP) is 3.20. The molecule has 0 unspecified atom stereocenters. The zero-order valence-corrected chi connectivity index (χ0v) is 14.3. The molecule has 0 saturated carbocycles. The number of rotatable bonds is 6. The fourth-order valence-corrected chi connectivity index (χ4v) is 3.00. The lowest BCUT2D eigenvalue weighted by Gasteiger charge is -2.02. The van der Waals surface area contributed by atoms with Crippen molar-refractivity contribution >= 4 is 22.4 Å². The molecule has 0 bridgehead atoms. The van der Waals surface area contributed by atoms with Crippen molar-refractivity contribution in [1.29, 1.82) is 0 Å². The largest absolute Gasteiger partial charge is 0.370 e. The van der Waals surface area contributed by atoms with E-state index in [9.17, 15) is 0 Å². The van der Waals surface area contributed by atoms with Crippen LogP contribution in [0, 0.1) is 6.92 Å². The Hall–Kier alpha value is -2.67. The number of H-pyrrole nitrogens is 1. The second kappa shape index (κ2) is 7.74. The molecule has 0 radical (unpaired) electrons. The Morgan fingerprint density at radius 3 is 2.92 bits per heavy atom. The Morgan fingerprint density at radius 1 is 1.33 bits per heavy atom. The van der Waals surface area contributed by atoms with E-state index in [4.69, 9.17) is 5.73 Å². The second-order valence-electron chi connectivity index (χ2n) is 5.40. The van der Waals surface area contributed by atoms with Crippen LogP contribution in [0.5, 0.6) is 0 Å². The first-order chi connectivity index (χ1) is 11.7. The molecule has 2 heterocycles. The van der Waals surface area contributed by atoms with Crippen molar-refractivity contribution in [3.8, 4) is 11.4 Å². The average molecular weight is 340 g/mol. The van der Waals surface area contributed by atoms with Gasteiger partial charge in [0.25, 0.3) is 0 Å². The Bertz CT molecular complexity index is 805. The summed E-state index contributed by atoms with van der Waals surface area (Å²) in [5.74, 6) is 1.26. The number of thiazole rings is 1. The van der Waals surface area contributed by atoms with Crippen LogP contribution in [-0.4, -0.2) is 27.5 Å². The molecule has 7 heteroatoms. The summed E-state index contributed by atoms with van der Waals surface area (Å²) < 4.78 is 0. The molecule has 6 nitrogen and oxygen atoms in total. The van der Waals surface area contributed by atoms with E-state index in [2.05, 4.69) is 49.5 Å². The molecule has 0 spiro atoms. The highest BCUT2D eigenvalue weighted by atomic mass is 32.1. The van der Waals surface area contributed by atoms with Gasteiger partial charge in [0.1, 0.15) is 11.5 Å². The summed E-state index contributed by atoms with van der Waals surface area (Å²) in [4.78, 5) is 16.2. The molecule has 0 amide bonds. The maximum absolute atomic E-state index is 5.92. The minimum absolute atomic E-state index is 0.393. The van der Waals surface area contributed by atoms with E-state index in [-0.39, 0.29) is 0 Å². The number of benzene rings is 1. The van der Waals surface area contributed by atoms with Crippen LogP contribution in [0.15, 0.2) is 46.9 Å². The van der Waals surface area contributed by atoms with Crippen molar-refractivity contribution in [1.82, 2.24) is 15.0 Å². The zero-order chi connectivity index (χ0) is 16.8. The van der Waals surface area contributed by atoms with Crippen LogP contribution in [-0.2, 0) is 6.42 Å². The van der Waals surface area contributed by atoms with Gasteiger partial charge < -0.3 is 16.0 Å². The lowest BCUT2D eigenvalue weighted by atomic mass is 10.1. The van der Waals surface area contributed by atoms with Crippen LogP contribution < -0.4 is 11.1 Å². The minimum Gasteiger partial charge on any atom is -0.370 e. The van der Waals surface area contributed by atoms with Crippen LogP contribution in [0.3, 0.4) is 0 Å². The number of imidazole rings is 1. The smallest absolute Gasteiger partial charge is 0.194 e. The Kier molecular flexibility index (Phi) is 5.22. The van der Waals surface area contributed by atoms with Gasteiger partial charge in [-0.25, -0.2) is 9.97 Å². The fraction of sp³-hybridized carbons (Fsp3) is 0.235. The summed E-state index contributed by atoms with van der Waals surface area (Å²) in [6.07, 6.45) is 3.73. The summed E-state index contributed by atoms with van der Waals surface area (Å²) in [6, 6.07) is 10.4. The molecule has 0 saturated heterocycles. The molecule has 4 N–H and O–H groups in total. The first kappa shape index (κ1) is 16.2. The highest BCUT2D eigenvalue weighted by Gasteiger charge is 2.07. The van der Waals surface area contributed by atoms with Crippen molar-refractivity contribution in [2.24, 2.45) is 10.7 Å². The number of nitrogens with two attached hydrogens (primary N) is 1. The van der Waals surface area contributed by atoms with Crippen LogP contribution in [0.2, 0.25) is 0 Å². The number of nitrogens with zero attached hydrogens (tertiary/aromatic N) is 3. The number of hydrogen-bond acceptors (Lipinski definition) is 4. The Balaban J connectivity index is 1.49. The van der Waals surface area contributed by atoms with Crippen molar-refractivity contribution in [3.63, 3.8) is 0 Å². The van der Waals surface area contributed by atoms with Crippen LogP contribution in [0.4, 0.5) is 5.13 Å². The molecule has 124 valence electrons. The molecule has 24 heavy (non-hydrogen) atoms. The summed E-state index contributed by atoms with van der Waals surface area (Å²) in [6.45, 7) is 2.60. The quantitative estimate of drug-likeness (QED) is 0.365. The molecule has 3 aromatic rings. The molecule has 1 aromatic carbocycles. The molecule has 0 aliphatic carbocycles. The molecule has 3 rings (SSSR count). The molecule has 0 aliphatic heterocycles. The average Bonchev–Trinajstić information content (AvgIpc) is 3.21. The number of guanidine groups is 1. The number of aryl methyl sites for hydroxylation is 2. The van der Waals surface area contributed by atoms with Gasteiger partial charge in [-0.05, 0) is 25.3 Å². The van der Waals surface area contributed by atoms with E-state index >= 15 is 0 Å². The van der Waals surface area contributed by atoms with Gasteiger partial charge in [-0.3, -0.25) is 4.99 Å². The summed E-state index contributed by atoms with van der Waals surface area (Å²) in [7, 11) is 0. The first-order valence-electron chi connectivity index (χ1n) is 7.79. The highest BCUT2D eigenvalue weighted by Crippen LogP contribution is 2.23. The highest BCUT2D eigenvalue weighted by molar-refractivity contribution is 7.14. The molecule has 0 atom stereocenters.